The summed E-state index contributed by atoms with van der Waals surface area (Å²) in [5.41, 5.74) is 0. The van der Waals surface area contributed by atoms with Crippen LogP contribution in [0.15, 0.2) is 42.5 Å². The van der Waals surface area contributed by atoms with Gasteiger partial charge in [-0.3, -0.25) is 0 Å². The van der Waals surface area contributed by atoms with E-state index in [0.717, 1.165) is 16.0 Å². The van der Waals surface area contributed by atoms with Gasteiger partial charge in [-0.15, -0.1) is 0 Å². The predicted molar refractivity (Wildman–Crippen MR) is 70.5 cm³/mol. The van der Waals surface area contributed by atoms with E-state index in [0.29, 0.717) is 0 Å². The molecular weight excluding hydrogens is 232 g/mol. The summed E-state index contributed by atoms with van der Waals surface area (Å²) in [5.74, 6) is 0. The summed E-state index contributed by atoms with van der Waals surface area (Å²) in [6.07, 6.45) is -0.234. The number of aliphatic hydroxyl groups is 2. The summed E-state index contributed by atoms with van der Waals surface area (Å²) < 4.78 is 5.47. The molecule has 0 atom stereocenters. The highest BCUT2D eigenvalue weighted by Gasteiger charge is 2.36. The maximum absolute atomic E-state index is 9.57. The van der Waals surface area contributed by atoms with Gasteiger partial charge in [-0.2, -0.15) is 0 Å². The van der Waals surface area contributed by atoms with Crippen LogP contribution in [-0.4, -0.2) is 38.1 Å². The van der Waals surface area contributed by atoms with Crippen molar-refractivity contribution in [2.24, 2.45) is 0 Å². The molecule has 2 aromatic rings. The minimum Gasteiger partial charge on any atom is -0.411 e. The molecule has 2 N–H and O–H groups in total. The molecule has 4 heteroatoms. The first kappa shape index (κ1) is 12.3. The molecule has 0 heterocycles. The summed E-state index contributed by atoms with van der Waals surface area (Å²) in [6.45, 7) is 0. The third-order valence-electron chi connectivity index (χ3n) is 3.18. The van der Waals surface area contributed by atoms with E-state index in [2.05, 4.69) is 0 Å². The van der Waals surface area contributed by atoms with E-state index < -0.39 is 8.32 Å². The Morgan fingerprint density at radius 2 is 1.65 bits per heavy atom. The molecule has 0 bridgehead atoms. The molecule has 0 fully saturated rings. The Kier molecular flexibility index (Phi) is 3.59. The lowest BCUT2D eigenvalue weighted by Crippen LogP contribution is -2.57. The predicted octanol–water partition coefficient (Wildman–Crippen LogP) is 0.702. The van der Waals surface area contributed by atoms with Crippen LogP contribution < -0.4 is 5.19 Å². The van der Waals surface area contributed by atoms with Gasteiger partial charge in [0.2, 0.25) is 0 Å². The smallest absolute Gasteiger partial charge is 0.274 e. The summed E-state index contributed by atoms with van der Waals surface area (Å²) in [7, 11) is -1.09. The highest BCUT2D eigenvalue weighted by molar-refractivity contribution is 6.88. The number of benzene rings is 2. The molecule has 17 heavy (non-hydrogen) atoms. The van der Waals surface area contributed by atoms with E-state index in [1.165, 1.54) is 0 Å². The van der Waals surface area contributed by atoms with Gasteiger partial charge >= 0.3 is 0 Å². The molecule has 3 nitrogen and oxygen atoms in total. The molecule has 0 saturated carbocycles. The van der Waals surface area contributed by atoms with Crippen molar-refractivity contribution >= 4 is 24.3 Å². The Hall–Kier alpha value is -1.20. The van der Waals surface area contributed by atoms with Crippen molar-refractivity contribution in [1.29, 1.82) is 0 Å². The van der Waals surface area contributed by atoms with E-state index in [9.17, 15) is 10.2 Å². The van der Waals surface area contributed by atoms with Crippen molar-refractivity contribution in [3.63, 3.8) is 0 Å². The Balaban J connectivity index is 2.69. The lowest BCUT2D eigenvalue weighted by molar-refractivity contribution is 0.263. The van der Waals surface area contributed by atoms with Gasteiger partial charge in [-0.25, -0.2) is 0 Å². The molecule has 2 aromatic carbocycles. The number of fused-ring (bicyclic) bond motifs is 1. The monoisotopic (exact) mass is 248 g/mol. The lowest BCUT2D eigenvalue weighted by atomic mass is 10.1. The second kappa shape index (κ2) is 4.97. The van der Waals surface area contributed by atoms with Crippen LogP contribution in [0, 0.1) is 0 Å². The van der Waals surface area contributed by atoms with Crippen molar-refractivity contribution in [1.82, 2.24) is 0 Å². The molecule has 0 aromatic heterocycles. The van der Waals surface area contributed by atoms with Gasteiger partial charge in [0.15, 0.2) is 0 Å². The second-order valence-electron chi connectivity index (χ2n) is 4.04. The van der Waals surface area contributed by atoms with Gasteiger partial charge in [-0.1, -0.05) is 42.5 Å². The van der Waals surface area contributed by atoms with E-state index in [-0.39, 0.29) is 12.5 Å². The van der Waals surface area contributed by atoms with Crippen LogP contribution in [0.1, 0.15) is 0 Å². The van der Waals surface area contributed by atoms with Crippen LogP contribution >= 0.6 is 0 Å². The van der Waals surface area contributed by atoms with Crippen LogP contribution in [0.4, 0.5) is 0 Å². The molecule has 0 aliphatic carbocycles. The normalized spacial score (nSPS) is 11.9. The van der Waals surface area contributed by atoms with Crippen LogP contribution in [0.2, 0.25) is 0 Å². The van der Waals surface area contributed by atoms with E-state index in [1.807, 2.05) is 42.5 Å². The van der Waals surface area contributed by atoms with Crippen LogP contribution in [0.5, 0.6) is 0 Å². The van der Waals surface area contributed by atoms with Crippen molar-refractivity contribution in [3.05, 3.63) is 42.5 Å². The van der Waals surface area contributed by atoms with Crippen molar-refractivity contribution in [2.45, 2.75) is 0 Å². The Morgan fingerprint density at radius 3 is 2.29 bits per heavy atom. The Bertz CT molecular complexity index is 495. The zero-order valence-electron chi connectivity index (χ0n) is 9.76. The third-order valence-corrected chi connectivity index (χ3v) is 6.40. The van der Waals surface area contributed by atoms with Gasteiger partial charge in [-0.05, 0) is 16.0 Å². The first-order chi connectivity index (χ1) is 8.27. The van der Waals surface area contributed by atoms with Gasteiger partial charge in [0.05, 0.1) is 12.5 Å². The number of rotatable bonds is 4. The largest absolute Gasteiger partial charge is 0.411 e. The molecule has 2 rings (SSSR count). The minimum atomic E-state index is -2.65. The number of aliphatic hydroxyl groups excluding tert-OH is 2. The van der Waals surface area contributed by atoms with Crippen molar-refractivity contribution in [3.8, 4) is 0 Å². The summed E-state index contributed by atoms with van der Waals surface area (Å²) in [5, 5.41) is 22.2. The van der Waals surface area contributed by atoms with Gasteiger partial charge in [0.25, 0.3) is 8.32 Å². The Labute approximate surface area is 101 Å². The summed E-state index contributed by atoms with van der Waals surface area (Å²) >= 11 is 0. The Morgan fingerprint density at radius 1 is 1.00 bits per heavy atom. The molecule has 0 unspecified atom stereocenters. The number of hydrogen-bond acceptors (Lipinski definition) is 3. The molecular formula is C13H16O3Si. The molecule has 0 saturated heterocycles. The van der Waals surface area contributed by atoms with Gasteiger partial charge in [0, 0.05) is 7.11 Å². The second-order valence-corrected chi connectivity index (χ2v) is 7.61. The summed E-state index contributed by atoms with van der Waals surface area (Å²) in [4.78, 5) is 0. The fourth-order valence-electron chi connectivity index (χ4n) is 2.08. The highest BCUT2D eigenvalue weighted by atomic mass is 28.4. The zero-order chi connectivity index (χ0) is 12.3. The average Bonchev–Trinajstić information content (AvgIpc) is 2.41. The first-order valence-corrected chi connectivity index (χ1v) is 7.85. The molecule has 90 valence electrons. The van der Waals surface area contributed by atoms with Crippen LogP contribution in [0.3, 0.4) is 0 Å². The van der Waals surface area contributed by atoms with Crippen molar-refractivity contribution < 1.29 is 14.6 Å². The SMILES string of the molecule is CO[Si](CO)(CO)c1cccc2ccccc12. The standard InChI is InChI=1S/C13H16O3Si/c1-16-17(9-14,10-15)13-8-4-6-11-5-2-3-7-12(11)13/h2-8,14-15H,9-10H2,1H3. The van der Waals surface area contributed by atoms with Crippen molar-refractivity contribution in [2.75, 3.05) is 19.6 Å². The molecule has 0 radical (unpaired) electrons. The zero-order valence-corrected chi connectivity index (χ0v) is 10.8. The molecule has 0 aliphatic rings. The third kappa shape index (κ3) is 2.00. The first-order valence-electron chi connectivity index (χ1n) is 5.52. The highest BCUT2D eigenvalue weighted by Crippen LogP contribution is 2.15. The van der Waals surface area contributed by atoms with E-state index in [1.54, 1.807) is 7.11 Å². The maximum atomic E-state index is 9.57. The molecule has 0 amide bonds. The lowest BCUT2D eigenvalue weighted by Gasteiger charge is -2.27. The molecule has 0 spiro atoms. The fourth-order valence-corrected chi connectivity index (χ4v) is 4.12. The quantitative estimate of drug-likeness (QED) is 0.783. The molecule has 0 aliphatic heterocycles. The van der Waals surface area contributed by atoms with E-state index >= 15 is 0 Å². The number of hydrogen-bond donors (Lipinski definition) is 2. The average molecular weight is 248 g/mol. The minimum absolute atomic E-state index is 0.117. The van der Waals surface area contributed by atoms with Crippen LogP contribution in [-0.2, 0) is 4.43 Å². The van der Waals surface area contributed by atoms with Gasteiger partial charge < -0.3 is 14.6 Å². The van der Waals surface area contributed by atoms with Crippen LogP contribution in [0.25, 0.3) is 10.8 Å². The maximum Gasteiger partial charge on any atom is 0.274 e. The van der Waals surface area contributed by atoms with E-state index in [4.69, 9.17) is 4.43 Å². The van der Waals surface area contributed by atoms with Gasteiger partial charge in [0.1, 0.15) is 0 Å². The fraction of sp³-hybridized carbons (Fsp3) is 0.231. The topological polar surface area (TPSA) is 49.7 Å². The summed E-state index contributed by atoms with van der Waals surface area (Å²) in [6, 6.07) is 13.8.